The largest absolute Gasteiger partial charge is 0.417 e. The summed E-state index contributed by atoms with van der Waals surface area (Å²) in [7, 11) is -2.87. The van der Waals surface area contributed by atoms with Crippen LogP contribution in [-0.4, -0.2) is 50.4 Å². The molecule has 0 bridgehead atoms. The summed E-state index contributed by atoms with van der Waals surface area (Å²) in [6.45, 7) is 1.59. The van der Waals surface area contributed by atoms with Gasteiger partial charge in [-0.1, -0.05) is 23.7 Å². The predicted molar refractivity (Wildman–Crippen MR) is 146 cm³/mol. The molecule has 2 aromatic carbocycles. The van der Waals surface area contributed by atoms with Crippen LogP contribution in [0, 0.1) is 0 Å². The standard InChI is InChI=1S/C28H28ClF3N4O3S/c1-35(20-11-15-36(16-12-20)21-9-13-33-14-10-21)27(37)19-6-5-18-7-8-25(22(18)17-19)34-40(38,39)26-23(28(30,31)32)3-2-4-24(26)29/h2-6,9-10,13-14,17,20,25,34H,7-8,11-12,15-16H2,1H3. The molecular formula is C28H28ClF3N4O3S. The summed E-state index contributed by atoms with van der Waals surface area (Å²) in [5, 5.41) is -0.513. The number of aromatic nitrogens is 1. The van der Waals surface area contributed by atoms with Gasteiger partial charge in [-0.3, -0.25) is 9.78 Å². The molecule has 1 N–H and O–H groups in total. The Morgan fingerprint density at radius 3 is 2.45 bits per heavy atom. The molecule has 7 nitrogen and oxygen atoms in total. The number of sulfonamides is 1. The van der Waals surface area contributed by atoms with Crippen molar-refractivity contribution in [3.63, 3.8) is 0 Å². The summed E-state index contributed by atoms with van der Waals surface area (Å²) in [6, 6.07) is 11.2. The number of anilines is 1. The van der Waals surface area contributed by atoms with Crippen molar-refractivity contribution in [1.29, 1.82) is 0 Å². The van der Waals surface area contributed by atoms with Crippen LogP contribution in [0.1, 0.15) is 52.4 Å². The molecule has 212 valence electrons. The fourth-order valence-electron chi connectivity index (χ4n) is 5.54. The lowest BCUT2D eigenvalue weighted by atomic mass is 10.0. The molecule has 1 saturated heterocycles. The quantitative estimate of drug-likeness (QED) is 0.411. The highest BCUT2D eigenvalue weighted by Gasteiger charge is 2.40. The molecule has 5 rings (SSSR count). The van der Waals surface area contributed by atoms with E-state index in [2.05, 4.69) is 14.6 Å². The molecule has 1 aliphatic heterocycles. The second-order valence-electron chi connectivity index (χ2n) is 10.1. The van der Waals surface area contributed by atoms with Crippen LogP contribution in [-0.2, 0) is 22.6 Å². The molecule has 2 aliphatic rings. The van der Waals surface area contributed by atoms with Gasteiger partial charge in [0.1, 0.15) is 4.90 Å². The fourth-order valence-corrected chi connectivity index (χ4v) is 7.56. The van der Waals surface area contributed by atoms with Gasteiger partial charge in [0.15, 0.2) is 0 Å². The van der Waals surface area contributed by atoms with Crippen LogP contribution in [0.2, 0.25) is 5.02 Å². The Labute approximate surface area is 236 Å². The van der Waals surface area contributed by atoms with Crippen molar-refractivity contribution in [3.8, 4) is 0 Å². The topological polar surface area (TPSA) is 82.6 Å². The number of halogens is 4. The second-order valence-corrected chi connectivity index (χ2v) is 12.1. The average Bonchev–Trinajstić information content (AvgIpc) is 3.33. The molecular weight excluding hydrogens is 565 g/mol. The lowest BCUT2D eigenvalue weighted by Crippen LogP contribution is -2.45. The van der Waals surface area contributed by atoms with Gasteiger partial charge < -0.3 is 9.80 Å². The number of benzene rings is 2. The predicted octanol–water partition coefficient (Wildman–Crippen LogP) is 5.46. The number of alkyl halides is 3. The zero-order chi connectivity index (χ0) is 28.7. The molecule has 1 unspecified atom stereocenters. The SMILES string of the molecule is CN(C(=O)c1ccc2c(c1)C(NS(=O)(=O)c1c(Cl)cccc1C(F)(F)F)CC2)C1CCN(c2ccncc2)CC1. The van der Waals surface area contributed by atoms with Gasteiger partial charge in [0, 0.05) is 55.9 Å². The van der Waals surface area contributed by atoms with Crippen LogP contribution < -0.4 is 9.62 Å². The van der Waals surface area contributed by atoms with Gasteiger partial charge in [0.05, 0.1) is 10.6 Å². The summed E-state index contributed by atoms with van der Waals surface area (Å²) in [5.74, 6) is -0.191. The van der Waals surface area contributed by atoms with E-state index in [4.69, 9.17) is 11.6 Å². The summed E-state index contributed by atoms with van der Waals surface area (Å²) >= 11 is 5.95. The normalized spacial score (nSPS) is 18.0. The summed E-state index contributed by atoms with van der Waals surface area (Å²) < 4.78 is 69.5. The van der Waals surface area contributed by atoms with Gasteiger partial charge in [0.2, 0.25) is 10.0 Å². The molecule has 0 saturated carbocycles. The summed E-state index contributed by atoms with van der Waals surface area (Å²) in [5.41, 5.74) is 1.58. The zero-order valence-electron chi connectivity index (χ0n) is 21.7. The fraction of sp³-hybridized carbons (Fsp3) is 0.357. The number of carbonyl (C=O) groups excluding carboxylic acids is 1. The number of aryl methyl sites for hydroxylation is 1. The van der Waals surface area contributed by atoms with E-state index < -0.39 is 37.7 Å². The molecule has 0 radical (unpaired) electrons. The molecule has 1 aromatic heterocycles. The van der Waals surface area contributed by atoms with Gasteiger partial charge in [-0.25, -0.2) is 13.1 Å². The lowest BCUT2D eigenvalue weighted by Gasteiger charge is -2.38. The first-order valence-electron chi connectivity index (χ1n) is 12.9. The monoisotopic (exact) mass is 592 g/mol. The molecule has 3 aromatic rings. The maximum atomic E-state index is 13.6. The maximum absolute atomic E-state index is 13.6. The number of fused-ring (bicyclic) bond motifs is 1. The number of nitrogens with zero attached hydrogens (tertiary/aromatic N) is 3. The number of hydrogen-bond donors (Lipinski definition) is 1. The smallest absolute Gasteiger partial charge is 0.371 e. The Morgan fingerprint density at radius 1 is 1.07 bits per heavy atom. The van der Waals surface area contributed by atoms with E-state index in [1.807, 2.05) is 12.1 Å². The van der Waals surface area contributed by atoms with Crippen molar-refractivity contribution in [2.75, 3.05) is 25.0 Å². The average molecular weight is 593 g/mol. The van der Waals surface area contributed by atoms with Gasteiger partial charge in [-0.2, -0.15) is 13.2 Å². The molecule has 12 heteroatoms. The van der Waals surface area contributed by atoms with Gasteiger partial charge in [-0.15, -0.1) is 0 Å². The van der Waals surface area contributed by atoms with Crippen molar-refractivity contribution in [2.45, 2.75) is 48.8 Å². The van der Waals surface area contributed by atoms with Gasteiger partial charge in [-0.05, 0) is 73.2 Å². The molecule has 1 aliphatic carbocycles. The van der Waals surface area contributed by atoms with E-state index in [0.717, 1.165) is 49.3 Å². The third kappa shape index (κ3) is 5.68. The number of pyridine rings is 1. The highest BCUT2D eigenvalue weighted by molar-refractivity contribution is 7.89. The Morgan fingerprint density at radius 2 is 1.77 bits per heavy atom. The van der Waals surface area contributed by atoms with Gasteiger partial charge in [0.25, 0.3) is 5.91 Å². The number of piperidine rings is 1. The Hall–Kier alpha value is -3.15. The van der Waals surface area contributed by atoms with Crippen LogP contribution in [0.4, 0.5) is 18.9 Å². The first-order chi connectivity index (χ1) is 19.0. The minimum absolute atomic E-state index is 0.0363. The van der Waals surface area contributed by atoms with Gasteiger partial charge >= 0.3 is 6.18 Å². The number of amides is 1. The molecule has 1 fully saturated rings. The summed E-state index contributed by atoms with van der Waals surface area (Å²) in [6.07, 6.45) is 1.05. The first-order valence-corrected chi connectivity index (χ1v) is 14.7. The summed E-state index contributed by atoms with van der Waals surface area (Å²) in [4.78, 5) is 20.5. The van der Waals surface area contributed by atoms with Crippen LogP contribution >= 0.6 is 11.6 Å². The molecule has 1 amide bonds. The molecule has 40 heavy (non-hydrogen) atoms. The van der Waals surface area contributed by atoms with Crippen LogP contribution in [0.15, 0.2) is 65.8 Å². The number of nitrogens with one attached hydrogen (secondary N) is 1. The lowest BCUT2D eigenvalue weighted by molar-refractivity contribution is -0.139. The van der Waals surface area contributed by atoms with E-state index in [1.165, 1.54) is 0 Å². The Kier molecular flexibility index (Phi) is 7.82. The van der Waals surface area contributed by atoms with Crippen molar-refractivity contribution in [2.24, 2.45) is 0 Å². The number of carbonyl (C=O) groups is 1. The molecule has 1 atom stereocenters. The maximum Gasteiger partial charge on any atom is 0.417 e. The van der Waals surface area contributed by atoms with E-state index in [-0.39, 0.29) is 11.9 Å². The Balaban J connectivity index is 1.32. The van der Waals surface area contributed by atoms with Crippen LogP contribution in [0.5, 0.6) is 0 Å². The van der Waals surface area contributed by atoms with Crippen molar-refractivity contribution in [3.05, 3.63) is 88.2 Å². The van der Waals surface area contributed by atoms with Crippen LogP contribution in [0.25, 0.3) is 0 Å². The third-order valence-corrected chi connectivity index (χ3v) is 9.67. The number of hydrogen-bond acceptors (Lipinski definition) is 5. The van der Waals surface area contributed by atoms with E-state index in [1.54, 1.807) is 42.5 Å². The number of rotatable bonds is 6. The van der Waals surface area contributed by atoms with E-state index in [9.17, 15) is 26.4 Å². The van der Waals surface area contributed by atoms with Crippen LogP contribution in [0.3, 0.4) is 0 Å². The third-order valence-electron chi connectivity index (χ3n) is 7.67. The van der Waals surface area contributed by atoms with Crippen molar-refractivity contribution in [1.82, 2.24) is 14.6 Å². The molecule has 2 heterocycles. The minimum atomic E-state index is -4.90. The van der Waals surface area contributed by atoms with Crippen molar-refractivity contribution < 1.29 is 26.4 Å². The Bertz CT molecular complexity index is 1510. The highest BCUT2D eigenvalue weighted by atomic mass is 35.5. The highest BCUT2D eigenvalue weighted by Crippen LogP contribution is 2.39. The minimum Gasteiger partial charge on any atom is -0.371 e. The van der Waals surface area contributed by atoms with E-state index >= 15 is 0 Å². The first kappa shape index (κ1) is 28.4. The van der Waals surface area contributed by atoms with Crippen molar-refractivity contribution >= 4 is 33.2 Å². The molecule has 0 spiro atoms. The zero-order valence-corrected chi connectivity index (χ0v) is 23.2. The second kappa shape index (κ2) is 11.0. The van der Waals surface area contributed by atoms with E-state index in [0.29, 0.717) is 30.0 Å².